The van der Waals surface area contributed by atoms with Crippen LogP contribution in [-0.2, 0) is 18.8 Å². The summed E-state index contributed by atoms with van der Waals surface area (Å²) in [6, 6.07) is -0.889. The van der Waals surface area contributed by atoms with Crippen LogP contribution in [0.3, 0.4) is 0 Å². The fourth-order valence-electron chi connectivity index (χ4n) is 6.10. The minimum absolute atomic E-state index is 0.0247. The van der Waals surface area contributed by atoms with Crippen molar-refractivity contribution >= 4 is 18.9 Å². The van der Waals surface area contributed by atoms with E-state index in [4.69, 9.17) is 14.0 Å². The summed E-state index contributed by atoms with van der Waals surface area (Å²) in [6.07, 6.45) is 7.15. The molecule has 10 heteroatoms. The first-order chi connectivity index (χ1) is 16.1. The largest absolute Gasteiger partial charge is 0.481 e. The second kappa shape index (κ2) is 9.55. The van der Waals surface area contributed by atoms with Crippen molar-refractivity contribution in [1.29, 1.82) is 0 Å². The van der Waals surface area contributed by atoms with Crippen LogP contribution in [-0.4, -0.2) is 66.3 Å². The molecule has 2 amide bonds. The zero-order valence-electron chi connectivity index (χ0n) is 21.0. The van der Waals surface area contributed by atoms with Crippen LogP contribution in [0.1, 0.15) is 64.4 Å². The second-order valence-corrected chi connectivity index (χ2v) is 11.2. The maximum absolute atomic E-state index is 13.3. The molecule has 2 N–H and O–H groups in total. The van der Waals surface area contributed by atoms with Gasteiger partial charge in [-0.2, -0.15) is 0 Å². The third-order valence-corrected chi connectivity index (χ3v) is 8.10. The van der Waals surface area contributed by atoms with Crippen LogP contribution in [0.5, 0.6) is 0 Å². The number of hydrogen-bond donors (Lipinski definition) is 2. The maximum atomic E-state index is 13.3. The molecule has 34 heavy (non-hydrogen) atoms. The molecule has 4 aliphatic rings. The van der Waals surface area contributed by atoms with Gasteiger partial charge in [0.15, 0.2) is 0 Å². The van der Waals surface area contributed by atoms with Crippen molar-refractivity contribution in [2.75, 3.05) is 13.7 Å². The number of amides is 2. The van der Waals surface area contributed by atoms with Crippen LogP contribution in [0.25, 0.3) is 0 Å². The molecule has 0 unspecified atom stereocenters. The Morgan fingerprint density at radius 1 is 1.24 bits per heavy atom. The van der Waals surface area contributed by atoms with Crippen LogP contribution in [0, 0.1) is 23.2 Å². The van der Waals surface area contributed by atoms with Crippen molar-refractivity contribution in [3.8, 4) is 0 Å². The van der Waals surface area contributed by atoms with E-state index in [0.717, 1.165) is 6.42 Å². The Balaban J connectivity index is 1.46. The van der Waals surface area contributed by atoms with Crippen LogP contribution >= 0.6 is 0 Å². The molecule has 3 aliphatic carbocycles. The number of carbonyl (C=O) groups excluding carboxylic acids is 2. The molecule has 3 saturated carbocycles. The molecule has 2 heterocycles. The van der Waals surface area contributed by atoms with E-state index in [-0.39, 0.29) is 41.3 Å². The van der Waals surface area contributed by atoms with Gasteiger partial charge in [-0.25, -0.2) is 4.98 Å². The van der Waals surface area contributed by atoms with Crippen LogP contribution in [0.15, 0.2) is 18.6 Å². The van der Waals surface area contributed by atoms with Gasteiger partial charge in [-0.3, -0.25) is 14.6 Å². The van der Waals surface area contributed by atoms with Crippen LogP contribution in [0.2, 0.25) is 0 Å². The van der Waals surface area contributed by atoms with Crippen molar-refractivity contribution in [2.24, 2.45) is 23.2 Å². The number of ether oxygens (including phenoxy) is 1. The highest BCUT2D eigenvalue weighted by Crippen LogP contribution is 2.65. The molecule has 2 bridgehead atoms. The molecule has 1 aliphatic heterocycles. The van der Waals surface area contributed by atoms with Gasteiger partial charge in [0, 0.05) is 19.5 Å². The smallest absolute Gasteiger partial charge is 0.404 e. The summed E-state index contributed by atoms with van der Waals surface area (Å²) >= 11 is 0. The predicted octanol–water partition coefficient (Wildman–Crippen LogP) is 2.02. The minimum atomic E-state index is -0.889. The third-order valence-electron chi connectivity index (χ3n) is 8.10. The standard InChI is InChI=1S/C24H37BN4O5/c1-14(2)9-20(25-33-19-11-15-10-18(23(15,3)4)24(19,5)34-25)29-22(31)17(13-32-6)28-21(30)16-12-26-7-8-27-16/h7-8,12,14-15,17-20H,9-11,13H2,1-6H3,(H,28,30)(H,29,31)/t15-,17+,18-,19+,20-,24-/m0/s1. The summed E-state index contributed by atoms with van der Waals surface area (Å²) in [5.41, 5.74) is 0.0277. The van der Waals surface area contributed by atoms with Gasteiger partial charge in [-0.15, -0.1) is 0 Å². The predicted molar refractivity (Wildman–Crippen MR) is 127 cm³/mol. The third kappa shape index (κ3) is 4.60. The van der Waals surface area contributed by atoms with E-state index in [9.17, 15) is 9.59 Å². The summed E-state index contributed by atoms with van der Waals surface area (Å²) in [7, 11) is 0.957. The van der Waals surface area contributed by atoms with Gasteiger partial charge in [-0.1, -0.05) is 27.7 Å². The Morgan fingerprint density at radius 3 is 2.62 bits per heavy atom. The molecule has 186 valence electrons. The Hall–Kier alpha value is -2.04. The SMILES string of the molecule is COC[C@@H](NC(=O)c1cnccn1)C(=O)N[C@@H](CC(C)C)B1O[C@@H]2C[C@@H]3C[C@@H](C3(C)C)[C@]2(C)O1. The van der Waals surface area contributed by atoms with E-state index in [0.29, 0.717) is 24.2 Å². The highest BCUT2D eigenvalue weighted by Gasteiger charge is 2.68. The number of nitrogens with zero attached hydrogens (tertiary/aromatic N) is 2. The van der Waals surface area contributed by atoms with E-state index in [1.54, 1.807) is 0 Å². The summed E-state index contributed by atoms with van der Waals surface area (Å²) in [5.74, 6) is 0.229. The van der Waals surface area contributed by atoms with Crippen molar-refractivity contribution in [2.45, 2.75) is 77.6 Å². The number of rotatable bonds is 9. The molecule has 0 spiro atoms. The van der Waals surface area contributed by atoms with Crippen molar-refractivity contribution in [3.05, 3.63) is 24.3 Å². The molecule has 6 atom stereocenters. The highest BCUT2D eigenvalue weighted by molar-refractivity contribution is 6.48. The Labute approximate surface area is 202 Å². The van der Waals surface area contributed by atoms with Gasteiger partial charge in [0.25, 0.3) is 5.91 Å². The number of carbonyl (C=O) groups is 2. The molecule has 9 nitrogen and oxygen atoms in total. The first kappa shape index (κ1) is 25.1. The normalized spacial score (nSPS) is 30.8. The van der Waals surface area contributed by atoms with E-state index >= 15 is 0 Å². The lowest BCUT2D eigenvalue weighted by Gasteiger charge is -2.64. The summed E-state index contributed by atoms with van der Waals surface area (Å²) in [4.78, 5) is 33.7. The van der Waals surface area contributed by atoms with Crippen molar-refractivity contribution in [1.82, 2.24) is 20.6 Å². The molecule has 5 rings (SSSR count). The average molecular weight is 472 g/mol. The zero-order valence-corrected chi connectivity index (χ0v) is 21.0. The van der Waals surface area contributed by atoms with Gasteiger partial charge in [-0.05, 0) is 49.4 Å². The highest BCUT2D eigenvalue weighted by atomic mass is 16.7. The van der Waals surface area contributed by atoms with Crippen LogP contribution in [0.4, 0.5) is 0 Å². The topological polar surface area (TPSA) is 112 Å². The quantitative estimate of drug-likeness (QED) is 0.529. The van der Waals surface area contributed by atoms with Crippen molar-refractivity contribution < 1.29 is 23.6 Å². The Kier molecular flexibility index (Phi) is 7.04. The molecule has 0 aromatic carbocycles. The first-order valence-electron chi connectivity index (χ1n) is 12.3. The number of methoxy groups -OCH3 is 1. The number of aromatic nitrogens is 2. The van der Waals surface area contributed by atoms with Crippen LogP contribution < -0.4 is 10.6 Å². The molecule has 1 saturated heterocycles. The maximum Gasteiger partial charge on any atom is 0.481 e. The summed E-state index contributed by atoms with van der Waals surface area (Å²) in [6.45, 7) is 11.1. The zero-order chi connectivity index (χ0) is 24.7. The summed E-state index contributed by atoms with van der Waals surface area (Å²) in [5, 5.41) is 5.79. The first-order valence-corrected chi connectivity index (χ1v) is 12.3. The van der Waals surface area contributed by atoms with E-state index in [2.05, 4.69) is 55.2 Å². The lowest BCUT2D eigenvalue weighted by atomic mass is 9.43. The van der Waals surface area contributed by atoms with E-state index in [1.165, 1.54) is 32.1 Å². The van der Waals surface area contributed by atoms with Gasteiger partial charge in [0.1, 0.15) is 11.7 Å². The van der Waals surface area contributed by atoms with E-state index < -0.39 is 19.1 Å². The Morgan fingerprint density at radius 2 is 2.00 bits per heavy atom. The minimum Gasteiger partial charge on any atom is -0.404 e. The lowest BCUT2D eigenvalue weighted by Crippen LogP contribution is -2.65. The van der Waals surface area contributed by atoms with Gasteiger partial charge >= 0.3 is 7.12 Å². The average Bonchev–Trinajstić information content (AvgIpc) is 3.15. The number of nitrogens with one attached hydrogen (secondary N) is 2. The fourth-order valence-corrected chi connectivity index (χ4v) is 6.10. The molecular weight excluding hydrogens is 435 g/mol. The van der Waals surface area contributed by atoms with Gasteiger partial charge in [0.2, 0.25) is 5.91 Å². The van der Waals surface area contributed by atoms with Gasteiger partial charge in [0.05, 0.1) is 30.4 Å². The number of hydrogen-bond acceptors (Lipinski definition) is 7. The van der Waals surface area contributed by atoms with Crippen molar-refractivity contribution in [3.63, 3.8) is 0 Å². The molecular formula is C24H37BN4O5. The molecule has 1 aromatic rings. The fraction of sp³-hybridized carbons (Fsp3) is 0.750. The van der Waals surface area contributed by atoms with Gasteiger partial charge < -0.3 is 24.7 Å². The second-order valence-electron chi connectivity index (χ2n) is 11.2. The summed E-state index contributed by atoms with van der Waals surface area (Å²) < 4.78 is 18.3. The molecule has 0 radical (unpaired) electrons. The molecule has 1 aromatic heterocycles. The lowest BCUT2D eigenvalue weighted by molar-refractivity contribution is -0.199. The molecule has 4 fully saturated rings. The monoisotopic (exact) mass is 472 g/mol. The Bertz CT molecular complexity index is 901. The van der Waals surface area contributed by atoms with E-state index in [1.807, 2.05) is 0 Å².